The molecule has 16 heavy (non-hydrogen) atoms. The van der Waals surface area contributed by atoms with Gasteiger partial charge >= 0.3 is 0 Å². The summed E-state index contributed by atoms with van der Waals surface area (Å²) in [5.41, 5.74) is -0.0999. The van der Waals surface area contributed by atoms with Gasteiger partial charge in [0.05, 0.1) is 11.7 Å². The van der Waals surface area contributed by atoms with E-state index < -0.39 is 6.17 Å². The predicted molar refractivity (Wildman–Crippen MR) is 61.2 cm³/mol. The van der Waals surface area contributed by atoms with Crippen molar-refractivity contribution in [3.8, 4) is 0 Å². The first-order valence-corrected chi connectivity index (χ1v) is 6.68. The van der Waals surface area contributed by atoms with E-state index in [-0.39, 0.29) is 17.6 Å². The molecule has 92 valence electrons. The summed E-state index contributed by atoms with van der Waals surface area (Å²) in [5.74, 6) is 0.150. The molecule has 0 spiro atoms. The molecular formula is C13H22FNO. The van der Waals surface area contributed by atoms with Crippen LogP contribution >= 0.6 is 0 Å². The Morgan fingerprint density at radius 2 is 2.12 bits per heavy atom. The molecule has 0 radical (unpaired) electrons. The number of hydrogen-bond donors (Lipinski definition) is 0. The molecule has 2 aliphatic heterocycles. The second-order valence-electron chi connectivity index (χ2n) is 5.98. The van der Waals surface area contributed by atoms with Crippen LogP contribution in [0.15, 0.2) is 0 Å². The number of ether oxygens (including phenoxy) is 1. The van der Waals surface area contributed by atoms with Crippen LogP contribution in [0.25, 0.3) is 0 Å². The van der Waals surface area contributed by atoms with Gasteiger partial charge in [0.2, 0.25) is 0 Å². The maximum atomic E-state index is 14.2. The lowest BCUT2D eigenvalue weighted by Gasteiger charge is -2.31. The Balaban J connectivity index is 1.78. The third kappa shape index (κ3) is 1.60. The van der Waals surface area contributed by atoms with E-state index in [2.05, 4.69) is 18.7 Å². The van der Waals surface area contributed by atoms with Gasteiger partial charge in [-0.2, -0.15) is 0 Å². The smallest absolute Gasteiger partial charge is 0.120 e. The summed E-state index contributed by atoms with van der Waals surface area (Å²) in [4.78, 5) is 2.35. The van der Waals surface area contributed by atoms with Gasteiger partial charge in [-0.1, -0.05) is 0 Å². The van der Waals surface area contributed by atoms with Crippen LogP contribution in [0.4, 0.5) is 4.39 Å². The summed E-state index contributed by atoms with van der Waals surface area (Å²) in [5, 5.41) is 0. The number of alkyl halides is 1. The molecular weight excluding hydrogens is 205 g/mol. The quantitative estimate of drug-likeness (QED) is 0.734. The summed E-state index contributed by atoms with van der Waals surface area (Å²) in [6.07, 6.45) is 4.12. The molecule has 3 atom stereocenters. The normalized spacial score (nSPS) is 41.6. The Hall–Kier alpha value is -0.150. The molecule has 2 heterocycles. The van der Waals surface area contributed by atoms with Gasteiger partial charge in [-0.3, -0.25) is 4.90 Å². The number of fused-ring (bicyclic) bond motifs is 1. The maximum absolute atomic E-state index is 14.2. The number of hydrogen-bond acceptors (Lipinski definition) is 2. The molecule has 0 amide bonds. The number of halogens is 1. The highest BCUT2D eigenvalue weighted by molar-refractivity contribution is 5.13. The van der Waals surface area contributed by atoms with Gasteiger partial charge in [0, 0.05) is 18.5 Å². The van der Waals surface area contributed by atoms with Gasteiger partial charge in [-0.25, -0.2) is 4.39 Å². The van der Waals surface area contributed by atoms with Crippen LogP contribution in [0.5, 0.6) is 0 Å². The molecule has 0 aromatic carbocycles. The van der Waals surface area contributed by atoms with Crippen molar-refractivity contribution in [1.29, 1.82) is 0 Å². The van der Waals surface area contributed by atoms with Crippen molar-refractivity contribution in [2.75, 3.05) is 13.1 Å². The minimum Gasteiger partial charge on any atom is -0.372 e. The Kier molecular flexibility index (Phi) is 2.52. The SMILES string of the molecule is CC(C)OC1(C2C(F)CN3CCCC23)CC1. The fourth-order valence-electron chi connectivity index (χ4n) is 3.87. The second kappa shape index (κ2) is 3.67. The number of rotatable bonds is 3. The average molecular weight is 227 g/mol. The molecule has 3 fully saturated rings. The predicted octanol–water partition coefficient (Wildman–Crippen LogP) is 2.38. The van der Waals surface area contributed by atoms with Gasteiger partial charge in [-0.05, 0) is 46.1 Å². The van der Waals surface area contributed by atoms with E-state index in [1.165, 1.54) is 12.8 Å². The molecule has 2 nitrogen and oxygen atoms in total. The average Bonchev–Trinajstić information content (AvgIpc) is 2.67. The van der Waals surface area contributed by atoms with Crippen molar-refractivity contribution in [1.82, 2.24) is 4.90 Å². The largest absolute Gasteiger partial charge is 0.372 e. The van der Waals surface area contributed by atoms with Crippen LogP contribution in [0.2, 0.25) is 0 Å². The molecule has 3 rings (SSSR count). The van der Waals surface area contributed by atoms with E-state index in [0.717, 1.165) is 19.4 Å². The Labute approximate surface area is 97.1 Å². The molecule has 0 aromatic heterocycles. The van der Waals surface area contributed by atoms with Crippen LogP contribution in [0.1, 0.15) is 39.5 Å². The summed E-state index contributed by atoms with van der Waals surface area (Å²) in [6.45, 7) is 5.88. The van der Waals surface area contributed by atoms with Crippen LogP contribution in [-0.4, -0.2) is 41.9 Å². The van der Waals surface area contributed by atoms with Crippen molar-refractivity contribution < 1.29 is 9.13 Å². The molecule has 2 saturated heterocycles. The fourth-order valence-corrected chi connectivity index (χ4v) is 3.87. The standard InChI is InChI=1S/C13H22FNO/c1-9(2)16-13(5-6-13)12-10(14)8-15-7-3-4-11(12)15/h9-12H,3-8H2,1-2H3. The monoisotopic (exact) mass is 227 g/mol. The molecule has 0 N–H and O–H groups in total. The van der Waals surface area contributed by atoms with E-state index in [9.17, 15) is 4.39 Å². The zero-order valence-corrected chi connectivity index (χ0v) is 10.3. The van der Waals surface area contributed by atoms with Crippen LogP contribution < -0.4 is 0 Å². The first-order valence-electron chi connectivity index (χ1n) is 6.68. The van der Waals surface area contributed by atoms with Crippen molar-refractivity contribution in [3.63, 3.8) is 0 Å². The van der Waals surface area contributed by atoms with Crippen LogP contribution in [0.3, 0.4) is 0 Å². The molecule has 1 aliphatic carbocycles. The Morgan fingerprint density at radius 3 is 2.75 bits per heavy atom. The van der Waals surface area contributed by atoms with Crippen molar-refractivity contribution in [3.05, 3.63) is 0 Å². The van der Waals surface area contributed by atoms with Gasteiger partial charge in [0.1, 0.15) is 6.17 Å². The topological polar surface area (TPSA) is 12.5 Å². The molecule has 3 aliphatic rings. The van der Waals surface area contributed by atoms with Crippen molar-refractivity contribution in [2.24, 2.45) is 5.92 Å². The highest BCUT2D eigenvalue weighted by atomic mass is 19.1. The van der Waals surface area contributed by atoms with Crippen LogP contribution in [-0.2, 0) is 4.74 Å². The summed E-state index contributed by atoms with van der Waals surface area (Å²) >= 11 is 0. The summed E-state index contributed by atoms with van der Waals surface area (Å²) < 4.78 is 20.2. The Bertz CT molecular complexity index is 277. The molecule has 0 bridgehead atoms. The summed E-state index contributed by atoms with van der Waals surface area (Å²) in [6, 6.07) is 0.469. The highest BCUT2D eigenvalue weighted by Gasteiger charge is 2.61. The zero-order valence-electron chi connectivity index (χ0n) is 10.3. The summed E-state index contributed by atoms with van der Waals surface area (Å²) in [7, 11) is 0. The van der Waals surface area contributed by atoms with E-state index in [1.54, 1.807) is 0 Å². The maximum Gasteiger partial charge on any atom is 0.120 e. The van der Waals surface area contributed by atoms with Crippen molar-refractivity contribution in [2.45, 2.75) is 63.4 Å². The van der Waals surface area contributed by atoms with E-state index in [4.69, 9.17) is 4.74 Å². The van der Waals surface area contributed by atoms with E-state index in [1.807, 2.05) is 0 Å². The number of nitrogens with zero attached hydrogens (tertiary/aromatic N) is 1. The molecule has 1 saturated carbocycles. The lowest BCUT2D eigenvalue weighted by molar-refractivity contribution is -0.0656. The molecule has 3 unspecified atom stereocenters. The van der Waals surface area contributed by atoms with Gasteiger partial charge in [0.25, 0.3) is 0 Å². The third-order valence-electron chi connectivity index (χ3n) is 4.45. The zero-order chi connectivity index (χ0) is 11.3. The van der Waals surface area contributed by atoms with Gasteiger partial charge in [0.15, 0.2) is 0 Å². The minimum absolute atomic E-state index is 0.0999. The first-order chi connectivity index (χ1) is 7.62. The molecule has 3 heteroatoms. The highest BCUT2D eigenvalue weighted by Crippen LogP contribution is 2.54. The van der Waals surface area contributed by atoms with Gasteiger partial charge < -0.3 is 4.74 Å². The fraction of sp³-hybridized carbons (Fsp3) is 1.00. The third-order valence-corrected chi connectivity index (χ3v) is 4.45. The Morgan fingerprint density at radius 1 is 1.38 bits per heavy atom. The lowest BCUT2D eigenvalue weighted by Crippen LogP contribution is -2.39. The molecule has 0 aromatic rings. The van der Waals surface area contributed by atoms with Crippen molar-refractivity contribution >= 4 is 0 Å². The van der Waals surface area contributed by atoms with E-state index >= 15 is 0 Å². The van der Waals surface area contributed by atoms with E-state index in [0.29, 0.717) is 12.6 Å². The first kappa shape index (κ1) is 11.0. The second-order valence-corrected chi connectivity index (χ2v) is 5.98. The lowest BCUT2D eigenvalue weighted by atomic mass is 9.89. The minimum atomic E-state index is -0.661. The van der Waals surface area contributed by atoms with Gasteiger partial charge in [-0.15, -0.1) is 0 Å². The van der Waals surface area contributed by atoms with Crippen LogP contribution in [0, 0.1) is 5.92 Å².